The Morgan fingerprint density at radius 3 is 2.24 bits per heavy atom. The van der Waals surface area contributed by atoms with Crippen molar-refractivity contribution in [3.05, 3.63) is 82.9 Å². The summed E-state index contributed by atoms with van der Waals surface area (Å²) >= 11 is 0. The molecule has 4 aliphatic rings. The Morgan fingerprint density at radius 2 is 1.62 bits per heavy atom. The molecule has 1 saturated heterocycles. The highest BCUT2D eigenvalue weighted by atomic mass is 16.6. The first-order chi connectivity index (χ1) is 21.3. The molecule has 6 rings (SSSR count). The van der Waals surface area contributed by atoms with Gasteiger partial charge in [-0.1, -0.05) is 62.4 Å². The van der Waals surface area contributed by atoms with E-state index < -0.39 is 70.6 Å². The molecule has 0 aromatic heterocycles. The number of rotatable bonds is 6. The molecule has 1 aliphatic heterocycles. The van der Waals surface area contributed by atoms with E-state index in [0.717, 1.165) is 5.56 Å². The van der Waals surface area contributed by atoms with Crippen LogP contribution in [0.15, 0.2) is 71.8 Å². The number of fused-ring (bicyclic) bond motifs is 5. The number of aryl methyl sites for hydroxylation is 1. The molecular formula is C36H42O9. The Morgan fingerprint density at radius 1 is 0.978 bits per heavy atom. The number of benzene rings is 2. The highest BCUT2D eigenvalue weighted by Crippen LogP contribution is 2.62. The van der Waals surface area contributed by atoms with Crippen molar-refractivity contribution in [3.63, 3.8) is 0 Å². The van der Waals surface area contributed by atoms with Crippen LogP contribution >= 0.6 is 0 Å². The molecule has 3 N–H and O–H groups in total. The van der Waals surface area contributed by atoms with Crippen LogP contribution in [-0.2, 0) is 30.2 Å². The average Bonchev–Trinajstić information content (AvgIpc) is 3.01. The summed E-state index contributed by atoms with van der Waals surface area (Å²) in [6.45, 7) is 6.98. The lowest BCUT2D eigenvalue weighted by molar-refractivity contribution is -0.277. The summed E-state index contributed by atoms with van der Waals surface area (Å²) in [6.07, 6.45) is -5.04. The molecule has 9 heteroatoms. The number of ketones is 1. The summed E-state index contributed by atoms with van der Waals surface area (Å²) in [7, 11) is 0. The maximum atomic E-state index is 14.5. The third kappa shape index (κ3) is 4.95. The summed E-state index contributed by atoms with van der Waals surface area (Å²) < 4.78 is 18.1. The standard InChI is InChI=1S/C36H42O9/c1-20-25(44-27(38)16-15-21-11-7-5-8-12-21)18-36(42)32(45-33(41)22-13-9-6-10-14-22)29-23-19-43-24(23)17-26(37)35(29,4)31(40)30(39)28(20)34(36,2)3/h5-14,23-26,29-30,32,37,39,42H,15-19H2,1-4H3/t23-,24-,25+,26+,29?,30-,32+,35-,36-/m1/s1. The quantitative estimate of drug-likeness (QED) is 0.327. The van der Waals surface area contributed by atoms with Crippen molar-refractivity contribution in [1.82, 2.24) is 0 Å². The fraction of sp³-hybridized carbons (Fsp3) is 0.528. The molecule has 1 unspecified atom stereocenters. The molecule has 0 radical (unpaired) electrons. The minimum absolute atomic E-state index is 0.0901. The highest BCUT2D eigenvalue weighted by Gasteiger charge is 2.72. The van der Waals surface area contributed by atoms with Crippen molar-refractivity contribution in [3.8, 4) is 0 Å². The lowest BCUT2D eigenvalue weighted by atomic mass is 9.46. The molecule has 2 aromatic rings. The lowest BCUT2D eigenvalue weighted by Crippen LogP contribution is -2.75. The average molecular weight is 619 g/mol. The Hall–Kier alpha value is -3.37. The second kappa shape index (κ2) is 11.5. The van der Waals surface area contributed by atoms with E-state index in [0.29, 0.717) is 12.0 Å². The van der Waals surface area contributed by atoms with E-state index in [1.165, 1.54) is 0 Å². The van der Waals surface area contributed by atoms with Crippen LogP contribution in [0.4, 0.5) is 0 Å². The van der Waals surface area contributed by atoms with Crippen molar-refractivity contribution in [1.29, 1.82) is 0 Å². The third-order valence-electron chi connectivity index (χ3n) is 11.3. The van der Waals surface area contributed by atoms with Gasteiger partial charge in [0.05, 0.1) is 29.8 Å². The van der Waals surface area contributed by atoms with Gasteiger partial charge in [-0.15, -0.1) is 0 Å². The molecular weight excluding hydrogens is 576 g/mol. The van der Waals surface area contributed by atoms with Crippen LogP contribution in [0.3, 0.4) is 0 Å². The Bertz CT molecular complexity index is 1500. The van der Waals surface area contributed by atoms with Gasteiger partial charge in [0.2, 0.25) is 0 Å². The molecule has 0 spiro atoms. The molecule has 9 nitrogen and oxygen atoms in total. The topological polar surface area (TPSA) is 140 Å². The first-order valence-electron chi connectivity index (χ1n) is 15.8. The van der Waals surface area contributed by atoms with E-state index in [2.05, 4.69) is 0 Å². The zero-order valence-corrected chi connectivity index (χ0v) is 26.1. The molecule has 9 atom stereocenters. The number of hydrogen-bond donors (Lipinski definition) is 3. The zero-order chi connectivity index (χ0) is 32.3. The van der Waals surface area contributed by atoms with E-state index in [-0.39, 0.29) is 42.9 Å². The highest BCUT2D eigenvalue weighted by molar-refractivity contribution is 5.93. The second-order valence-corrected chi connectivity index (χ2v) is 13.9. The fourth-order valence-electron chi connectivity index (χ4n) is 8.43. The van der Waals surface area contributed by atoms with Gasteiger partial charge in [-0.2, -0.15) is 0 Å². The number of aliphatic hydroxyl groups is 3. The monoisotopic (exact) mass is 618 g/mol. The van der Waals surface area contributed by atoms with Crippen LogP contribution in [0.5, 0.6) is 0 Å². The second-order valence-electron chi connectivity index (χ2n) is 13.9. The maximum absolute atomic E-state index is 14.5. The van der Waals surface area contributed by atoms with Gasteiger partial charge in [-0.3, -0.25) is 9.59 Å². The summed E-state index contributed by atoms with van der Waals surface area (Å²) in [6, 6.07) is 17.9. The fourth-order valence-corrected chi connectivity index (χ4v) is 8.43. The van der Waals surface area contributed by atoms with E-state index in [1.54, 1.807) is 58.0 Å². The summed E-state index contributed by atoms with van der Waals surface area (Å²) in [5.41, 5.74) is -2.88. The molecule has 240 valence electrons. The van der Waals surface area contributed by atoms with Crippen LogP contribution in [-0.4, -0.2) is 75.8 Å². The van der Waals surface area contributed by atoms with E-state index in [9.17, 15) is 29.7 Å². The Labute approximate surface area is 263 Å². The lowest BCUT2D eigenvalue weighted by Gasteiger charge is -2.64. The molecule has 2 saturated carbocycles. The molecule has 45 heavy (non-hydrogen) atoms. The van der Waals surface area contributed by atoms with E-state index in [4.69, 9.17) is 14.2 Å². The first-order valence-corrected chi connectivity index (χ1v) is 15.8. The van der Waals surface area contributed by atoms with Crippen LogP contribution in [0.1, 0.15) is 62.9 Å². The number of aliphatic hydroxyl groups excluding tert-OH is 2. The number of carbonyl (C=O) groups excluding carboxylic acids is 3. The largest absolute Gasteiger partial charge is 0.458 e. The minimum Gasteiger partial charge on any atom is -0.458 e. The van der Waals surface area contributed by atoms with Crippen molar-refractivity contribution < 1.29 is 43.9 Å². The number of hydrogen-bond acceptors (Lipinski definition) is 9. The van der Waals surface area contributed by atoms with Crippen LogP contribution in [0.2, 0.25) is 0 Å². The zero-order valence-electron chi connectivity index (χ0n) is 26.1. The molecule has 0 amide bonds. The summed E-state index contributed by atoms with van der Waals surface area (Å²) in [4.78, 5) is 41.4. The normalized spacial score (nSPS) is 36.9. The summed E-state index contributed by atoms with van der Waals surface area (Å²) in [5, 5.41) is 36.4. The van der Waals surface area contributed by atoms with Gasteiger partial charge in [0.15, 0.2) is 5.78 Å². The Balaban J connectivity index is 1.45. The SMILES string of the molecule is CC1=C2[C@@H](O)C(=O)[C@@]3(C)C([C@@H]4CO[C@@H]4C[C@@H]3O)[C@H](OC(=O)c3ccccc3)[C@](O)(C[C@@H]1OC(=O)CCc1ccccc1)C2(C)C. The number of ether oxygens (including phenoxy) is 3. The van der Waals surface area contributed by atoms with Gasteiger partial charge in [0, 0.05) is 36.5 Å². The van der Waals surface area contributed by atoms with E-state index >= 15 is 0 Å². The van der Waals surface area contributed by atoms with Gasteiger partial charge in [0.25, 0.3) is 0 Å². The molecule has 3 aliphatic carbocycles. The van der Waals surface area contributed by atoms with Crippen molar-refractivity contribution in [2.24, 2.45) is 22.7 Å². The van der Waals surface area contributed by atoms with Gasteiger partial charge in [-0.05, 0) is 49.1 Å². The minimum atomic E-state index is -1.92. The van der Waals surface area contributed by atoms with Crippen molar-refractivity contribution in [2.75, 3.05) is 6.61 Å². The van der Waals surface area contributed by atoms with Crippen LogP contribution in [0.25, 0.3) is 0 Å². The summed E-state index contributed by atoms with van der Waals surface area (Å²) in [5.74, 6) is -3.03. The predicted molar refractivity (Wildman–Crippen MR) is 163 cm³/mol. The molecule has 2 aromatic carbocycles. The van der Waals surface area contributed by atoms with Gasteiger partial charge >= 0.3 is 11.9 Å². The molecule has 3 fully saturated rings. The molecule has 1 heterocycles. The number of carbonyl (C=O) groups is 3. The van der Waals surface area contributed by atoms with Crippen LogP contribution in [0, 0.1) is 22.7 Å². The maximum Gasteiger partial charge on any atom is 0.338 e. The molecule has 2 bridgehead atoms. The smallest absolute Gasteiger partial charge is 0.338 e. The third-order valence-corrected chi connectivity index (χ3v) is 11.3. The van der Waals surface area contributed by atoms with Gasteiger partial charge in [0.1, 0.15) is 23.9 Å². The first kappa shape index (κ1) is 31.6. The Kier molecular flexibility index (Phi) is 8.05. The van der Waals surface area contributed by atoms with E-state index in [1.807, 2.05) is 30.3 Å². The van der Waals surface area contributed by atoms with Crippen molar-refractivity contribution in [2.45, 2.75) is 89.5 Å². The van der Waals surface area contributed by atoms with Crippen molar-refractivity contribution >= 4 is 17.7 Å². The number of Topliss-reactive ketones (excluding diaryl/α,β-unsaturated/α-hetero) is 1. The number of esters is 2. The van der Waals surface area contributed by atoms with Gasteiger partial charge < -0.3 is 29.5 Å². The van der Waals surface area contributed by atoms with Gasteiger partial charge in [-0.25, -0.2) is 4.79 Å². The predicted octanol–water partition coefficient (Wildman–Crippen LogP) is 3.58. The van der Waals surface area contributed by atoms with Crippen LogP contribution < -0.4 is 0 Å².